The van der Waals surface area contributed by atoms with Gasteiger partial charge in [-0.1, -0.05) is 0 Å². The first-order chi connectivity index (χ1) is 9.15. The third kappa shape index (κ3) is 2.60. The lowest BCUT2D eigenvalue weighted by Gasteiger charge is -2.08. The van der Waals surface area contributed by atoms with Gasteiger partial charge in [-0.15, -0.1) is 10.2 Å². The summed E-state index contributed by atoms with van der Waals surface area (Å²) in [6, 6.07) is 7.88. The second-order valence-corrected chi connectivity index (χ2v) is 3.79. The third-order valence-corrected chi connectivity index (χ3v) is 2.59. The van der Waals surface area contributed by atoms with Crippen LogP contribution < -0.4 is 9.64 Å². The van der Waals surface area contributed by atoms with Crippen molar-refractivity contribution < 1.29 is 9.13 Å². The lowest BCUT2D eigenvalue weighted by atomic mass is 10.1. The molecule has 0 bridgehead atoms. The van der Waals surface area contributed by atoms with Gasteiger partial charge in [0.2, 0.25) is 0 Å². The number of aromatic nitrogens is 2. The lowest BCUT2D eigenvalue weighted by molar-refractivity contribution is 0.386. The van der Waals surface area contributed by atoms with Crippen molar-refractivity contribution in [3.05, 3.63) is 36.1 Å². The molecular weight excluding hydrogens is 247 g/mol. The van der Waals surface area contributed by atoms with Crippen LogP contribution >= 0.6 is 0 Å². The summed E-state index contributed by atoms with van der Waals surface area (Å²) in [6.45, 7) is 0. The Labute approximate surface area is 109 Å². The maximum Gasteiger partial charge on any atom is 0.185 e. The van der Waals surface area contributed by atoms with E-state index in [1.165, 1.54) is 24.1 Å². The third-order valence-electron chi connectivity index (χ3n) is 2.59. The molecule has 0 atom stereocenters. The first-order valence-electron chi connectivity index (χ1n) is 5.47. The number of rotatable bonds is 3. The average Bonchev–Trinajstić information content (AvgIpc) is 2.46. The molecule has 0 saturated heterocycles. The van der Waals surface area contributed by atoms with E-state index in [4.69, 9.17) is 10.00 Å². The molecule has 2 rings (SSSR count). The molecule has 0 saturated carbocycles. The average molecular weight is 258 g/mol. The highest BCUT2D eigenvalue weighted by Crippen LogP contribution is 2.24. The van der Waals surface area contributed by atoms with Crippen LogP contribution in [0.15, 0.2) is 30.3 Å². The minimum absolute atomic E-state index is 0.178. The smallest absolute Gasteiger partial charge is 0.185 e. The summed E-state index contributed by atoms with van der Waals surface area (Å²) in [5.41, 5.74) is 1.12. The molecule has 0 spiro atoms. The first-order valence-corrected chi connectivity index (χ1v) is 5.47. The SMILES string of the molecule is COc1ccc(-c2ccc(N(C)C#N)nn2)cc1F. The van der Waals surface area contributed by atoms with Crippen molar-refractivity contribution in [3.8, 4) is 23.2 Å². The summed E-state index contributed by atoms with van der Waals surface area (Å²) in [5, 5.41) is 16.6. The van der Waals surface area contributed by atoms with E-state index in [-0.39, 0.29) is 5.75 Å². The highest BCUT2D eigenvalue weighted by Gasteiger charge is 2.08. The van der Waals surface area contributed by atoms with Gasteiger partial charge in [0.15, 0.2) is 23.6 Å². The van der Waals surface area contributed by atoms with Gasteiger partial charge >= 0.3 is 0 Å². The Kier molecular flexibility index (Phi) is 3.57. The maximum atomic E-state index is 13.6. The van der Waals surface area contributed by atoms with Crippen molar-refractivity contribution in [2.24, 2.45) is 0 Å². The highest BCUT2D eigenvalue weighted by atomic mass is 19.1. The number of halogens is 1. The fraction of sp³-hybridized carbons (Fsp3) is 0.154. The van der Waals surface area contributed by atoms with E-state index in [0.29, 0.717) is 17.1 Å². The Balaban J connectivity index is 2.33. The highest BCUT2D eigenvalue weighted by molar-refractivity contribution is 5.61. The van der Waals surface area contributed by atoms with Crippen LogP contribution in [0.1, 0.15) is 0 Å². The normalized spacial score (nSPS) is 9.79. The van der Waals surface area contributed by atoms with Gasteiger partial charge in [0.1, 0.15) is 0 Å². The summed E-state index contributed by atoms with van der Waals surface area (Å²) < 4.78 is 18.4. The first kappa shape index (κ1) is 12.8. The Hall–Kier alpha value is -2.68. The van der Waals surface area contributed by atoms with E-state index < -0.39 is 5.82 Å². The molecule has 1 aromatic carbocycles. The number of nitrogens with zero attached hydrogens (tertiary/aromatic N) is 4. The Morgan fingerprint density at radius 1 is 1.26 bits per heavy atom. The van der Waals surface area contributed by atoms with E-state index >= 15 is 0 Å². The number of methoxy groups -OCH3 is 1. The van der Waals surface area contributed by atoms with Gasteiger partial charge < -0.3 is 4.74 Å². The van der Waals surface area contributed by atoms with Gasteiger partial charge in [0.25, 0.3) is 0 Å². The topological polar surface area (TPSA) is 62.0 Å². The number of hydrogen-bond acceptors (Lipinski definition) is 5. The van der Waals surface area contributed by atoms with Crippen LogP contribution in [0.25, 0.3) is 11.3 Å². The van der Waals surface area contributed by atoms with Crippen LogP contribution in [-0.4, -0.2) is 24.4 Å². The molecule has 0 aliphatic rings. The zero-order valence-electron chi connectivity index (χ0n) is 10.5. The van der Waals surface area contributed by atoms with Gasteiger partial charge in [-0.3, -0.25) is 4.90 Å². The van der Waals surface area contributed by atoms with Crippen LogP contribution in [0.2, 0.25) is 0 Å². The van der Waals surface area contributed by atoms with E-state index in [1.807, 2.05) is 6.19 Å². The number of nitriles is 1. The Morgan fingerprint density at radius 2 is 2.05 bits per heavy atom. The molecule has 96 valence electrons. The zero-order valence-corrected chi connectivity index (χ0v) is 10.5. The molecule has 6 heteroatoms. The molecule has 5 nitrogen and oxygen atoms in total. The van der Waals surface area contributed by atoms with Crippen LogP contribution in [0, 0.1) is 17.3 Å². The second kappa shape index (κ2) is 5.31. The quantitative estimate of drug-likeness (QED) is 0.624. The van der Waals surface area contributed by atoms with Crippen LogP contribution in [0.4, 0.5) is 10.2 Å². The molecule has 0 aliphatic heterocycles. The van der Waals surface area contributed by atoms with Crippen molar-refractivity contribution >= 4 is 5.82 Å². The summed E-state index contributed by atoms with van der Waals surface area (Å²) in [6.07, 6.45) is 1.92. The summed E-state index contributed by atoms with van der Waals surface area (Å²) in [5.74, 6) is 0.151. The second-order valence-electron chi connectivity index (χ2n) is 3.79. The molecule has 2 aromatic rings. The summed E-state index contributed by atoms with van der Waals surface area (Å²) >= 11 is 0. The predicted molar refractivity (Wildman–Crippen MR) is 68.0 cm³/mol. The molecule has 0 fully saturated rings. The molecule has 1 heterocycles. The molecule has 0 unspecified atom stereocenters. The fourth-order valence-corrected chi connectivity index (χ4v) is 1.54. The molecule has 1 aromatic heterocycles. The fourth-order valence-electron chi connectivity index (χ4n) is 1.54. The minimum Gasteiger partial charge on any atom is -0.494 e. The van der Waals surface area contributed by atoms with E-state index in [1.54, 1.807) is 25.2 Å². The van der Waals surface area contributed by atoms with Crippen LogP contribution in [-0.2, 0) is 0 Å². The van der Waals surface area contributed by atoms with Crippen molar-refractivity contribution in [3.63, 3.8) is 0 Å². The van der Waals surface area contributed by atoms with Gasteiger partial charge in [-0.25, -0.2) is 4.39 Å². The molecule has 0 aliphatic carbocycles. The standard InChI is InChI=1S/C13H11FN4O/c1-18(8-15)13-6-4-11(16-17-13)9-3-5-12(19-2)10(14)7-9/h3-7H,1-2H3. The van der Waals surface area contributed by atoms with E-state index in [0.717, 1.165) is 0 Å². The number of anilines is 1. The molecule has 0 amide bonds. The maximum absolute atomic E-state index is 13.6. The van der Waals surface area contributed by atoms with Gasteiger partial charge in [-0.05, 0) is 30.3 Å². The number of ether oxygens (including phenoxy) is 1. The van der Waals surface area contributed by atoms with Gasteiger partial charge in [0.05, 0.1) is 12.8 Å². The summed E-state index contributed by atoms with van der Waals surface area (Å²) in [4.78, 5) is 1.28. The zero-order chi connectivity index (χ0) is 13.8. The lowest BCUT2D eigenvalue weighted by Crippen LogP contribution is -2.10. The molecule has 19 heavy (non-hydrogen) atoms. The van der Waals surface area contributed by atoms with Crippen molar-refractivity contribution in [1.82, 2.24) is 10.2 Å². The molecular formula is C13H11FN4O. The van der Waals surface area contributed by atoms with Crippen molar-refractivity contribution in [1.29, 1.82) is 5.26 Å². The van der Waals surface area contributed by atoms with Gasteiger partial charge in [0, 0.05) is 12.6 Å². The monoisotopic (exact) mass is 258 g/mol. The summed E-state index contributed by atoms with van der Waals surface area (Å²) in [7, 11) is 2.99. The van der Waals surface area contributed by atoms with Crippen LogP contribution in [0.5, 0.6) is 5.75 Å². The van der Waals surface area contributed by atoms with E-state index in [9.17, 15) is 4.39 Å². The Bertz CT molecular complexity index is 622. The van der Waals surface area contributed by atoms with Crippen LogP contribution in [0.3, 0.4) is 0 Å². The number of benzene rings is 1. The largest absolute Gasteiger partial charge is 0.494 e. The predicted octanol–water partition coefficient (Wildman–Crippen LogP) is 2.21. The minimum atomic E-state index is -0.458. The van der Waals surface area contributed by atoms with E-state index in [2.05, 4.69) is 10.2 Å². The van der Waals surface area contributed by atoms with Crippen molar-refractivity contribution in [2.75, 3.05) is 19.1 Å². The Morgan fingerprint density at radius 3 is 2.58 bits per heavy atom. The molecule has 0 N–H and O–H groups in total. The molecule has 0 radical (unpaired) electrons. The number of hydrogen-bond donors (Lipinski definition) is 0. The van der Waals surface area contributed by atoms with Crippen molar-refractivity contribution in [2.45, 2.75) is 0 Å². The van der Waals surface area contributed by atoms with Gasteiger partial charge in [-0.2, -0.15) is 5.26 Å².